The summed E-state index contributed by atoms with van der Waals surface area (Å²) in [5.74, 6) is 0.370. The molecular weight excluding hydrogens is 305 g/mol. The van der Waals surface area contributed by atoms with Crippen molar-refractivity contribution in [2.45, 2.75) is 26.2 Å². The fourth-order valence-corrected chi connectivity index (χ4v) is 2.33. The zero-order chi connectivity index (χ0) is 15.4. The van der Waals surface area contributed by atoms with Gasteiger partial charge in [0.05, 0.1) is 17.1 Å². The minimum absolute atomic E-state index is 0.114. The van der Waals surface area contributed by atoms with Crippen molar-refractivity contribution < 1.29 is 4.79 Å². The summed E-state index contributed by atoms with van der Waals surface area (Å²) < 4.78 is 0. The highest BCUT2D eigenvalue weighted by atomic mass is 35.5. The number of benzene rings is 2. The van der Waals surface area contributed by atoms with Crippen molar-refractivity contribution in [1.82, 2.24) is 0 Å². The molecule has 0 saturated carbocycles. The zero-order valence-corrected chi connectivity index (χ0v) is 13.5. The van der Waals surface area contributed by atoms with Gasteiger partial charge in [-0.2, -0.15) is 0 Å². The van der Waals surface area contributed by atoms with Crippen LogP contribution in [0.5, 0.6) is 0 Å². The minimum Gasteiger partial charge on any atom is -0.324 e. The van der Waals surface area contributed by atoms with Gasteiger partial charge in [-0.05, 0) is 35.2 Å². The predicted octanol–water partition coefficient (Wildman–Crippen LogP) is 5.30. The van der Waals surface area contributed by atoms with E-state index in [9.17, 15) is 4.79 Å². The SMILES string of the molecule is CC(C)c1ccc(CC(=O)Nc2cc(Cl)ccc2Cl)cc1. The molecule has 1 N–H and O–H groups in total. The van der Waals surface area contributed by atoms with Crippen LogP contribution < -0.4 is 5.32 Å². The normalized spacial score (nSPS) is 10.7. The van der Waals surface area contributed by atoms with Crippen LogP contribution in [0.25, 0.3) is 0 Å². The van der Waals surface area contributed by atoms with Crippen molar-refractivity contribution in [3.63, 3.8) is 0 Å². The Labute approximate surface area is 135 Å². The van der Waals surface area contributed by atoms with Gasteiger partial charge in [-0.1, -0.05) is 61.3 Å². The Morgan fingerprint density at radius 1 is 1.10 bits per heavy atom. The van der Waals surface area contributed by atoms with E-state index >= 15 is 0 Å². The first-order valence-corrected chi connectivity index (χ1v) is 7.55. The molecule has 0 aliphatic heterocycles. The number of hydrogen-bond acceptors (Lipinski definition) is 1. The van der Waals surface area contributed by atoms with Gasteiger partial charge in [-0.15, -0.1) is 0 Å². The van der Waals surface area contributed by atoms with Crippen LogP contribution in [0, 0.1) is 0 Å². The molecule has 0 bridgehead atoms. The highest BCUT2D eigenvalue weighted by molar-refractivity contribution is 6.35. The second-order valence-electron chi connectivity index (χ2n) is 5.25. The van der Waals surface area contributed by atoms with Crippen molar-refractivity contribution in [3.05, 3.63) is 63.6 Å². The molecule has 1 amide bonds. The molecule has 0 aliphatic rings. The smallest absolute Gasteiger partial charge is 0.228 e. The van der Waals surface area contributed by atoms with Crippen LogP contribution in [0.1, 0.15) is 30.9 Å². The molecule has 0 saturated heterocycles. The van der Waals surface area contributed by atoms with Crippen LogP contribution in [-0.4, -0.2) is 5.91 Å². The largest absolute Gasteiger partial charge is 0.324 e. The van der Waals surface area contributed by atoms with Gasteiger partial charge in [-0.25, -0.2) is 0 Å². The van der Waals surface area contributed by atoms with E-state index in [1.807, 2.05) is 12.1 Å². The Morgan fingerprint density at radius 3 is 2.38 bits per heavy atom. The standard InChI is InChI=1S/C17H17Cl2NO/c1-11(2)13-5-3-12(4-6-13)9-17(21)20-16-10-14(18)7-8-15(16)19/h3-8,10-11H,9H2,1-2H3,(H,20,21). The molecule has 2 nitrogen and oxygen atoms in total. The third-order valence-corrected chi connectivity index (χ3v) is 3.78. The number of rotatable bonds is 4. The topological polar surface area (TPSA) is 29.1 Å². The van der Waals surface area contributed by atoms with E-state index in [1.54, 1.807) is 18.2 Å². The average molecular weight is 322 g/mol. The first-order valence-electron chi connectivity index (χ1n) is 6.79. The predicted molar refractivity (Wildman–Crippen MR) is 89.3 cm³/mol. The lowest BCUT2D eigenvalue weighted by Gasteiger charge is -2.09. The fraction of sp³-hybridized carbons (Fsp3) is 0.235. The number of halogens is 2. The van der Waals surface area contributed by atoms with Gasteiger partial charge in [0.1, 0.15) is 0 Å². The lowest BCUT2D eigenvalue weighted by atomic mass is 10.0. The van der Waals surface area contributed by atoms with E-state index in [0.717, 1.165) is 5.56 Å². The monoisotopic (exact) mass is 321 g/mol. The van der Waals surface area contributed by atoms with Crippen molar-refractivity contribution in [3.8, 4) is 0 Å². The van der Waals surface area contributed by atoms with Crippen LogP contribution in [0.15, 0.2) is 42.5 Å². The first kappa shape index (κ1) is 15.9. The van der Waals surface area contributed by atoms with Crippen molar-refractivity contribution in [2.75, 3.05) is 5.32 Å². The third kappa shape index (κ3) is 4.48. The number of hydrogen-bond donors (Lipinski definition) is 1. The lowest BCUT2D eigenvalue weighted by molar-refractivity contribution is -0.115. The van der Waals surface area contributed by atoms with Gasteiger partial charge in [0.15, 0.2) is 0 Å². The van der Waals surface area contributed by atoms with Gasteiger partial charge in [0.2, 0.25) is 5.91 Å². The maximum absolute atomic E-state index is 12.1. The maximum Gasteiger partial charge on any atom is 0.228 e. The number of carbonyl (C=O) groups excluding carboxylic acids is 1. The van der Waals surface area contributed by atoms with E-state index in [2.05, 4.69) is 31.3 Å². The lowest BCUT2D eigenvalue weighted by Crippen LogP contribution is -2.14. The second-order valence-corrected chi connectivity index (χ2v) is 6.09. The van der Waals surface area contributed by atoms with Crippen molar-refractivity contribution in [1.29, 1.82) is 0 Å². The molecule has 0 heterocycles. The molecule has 0 spiro atoms. The van der Waals surface area contributed by atoms with Gasteiger partial charge in [0.25, 0.3) is 0 Å². The number of anilines is 1. The molecule has 0 radical (unpaired) electrons. The molecular formula is C17H17Cl2NO. The zero-order valence-electron chi connectivity index (χ0n) is 12.0. The van der Waals surface area contributed by atoms with Crippen molar-refractivity contribution in [2.24, 2.45) is 0 Å². The molecule has 110 valence electrons. The summed E-state index contributed by atoms with van der Waals surface area (Å²) in [6.07, 6.45) is 0.307. The number of nitrogens with one attached hydrogen (secondary N) is 1. The van der Waals surface area contributed by atoms with E-state index in [4.69, 9.17) is 23.2 Å². The third-order valence-electron chi connectivity index (χ3n) is 3.21. The minimum atomic E-state index is -0.114. The molecule has 2 rings (SSSR count). The summed E-state index contributed by atoms with van der Waals surface area (Å²) in [5, 5.41) is 3.79. The van der Waals surface area contributed by atoms with Crippen LogP contribution in [-0.2, 0) is 11.2 Å². The molecule has 0 aromatic heterocycles. The molecule has 0 fully saturated rings. The van der Waals surface area contributed by atoms with E-state index < -0.39 is 0 Å². The summed E-state index contributed by atoms with van der Waals surface area (Å²) in [7, 11) is 0. The summed E-state index contributed by atoms with van der Waals surface area (Å²) in [5.41, 5.74) is 2.76. The van der Waals surface area contributed by atoms with E-state index in [0.29, 0.717) is 28.1 Å². The van der Waals surface area contributed by atoms with Crippen LogP contribution in [0.4, 0.5) is 5.69 Å². The van der Waals surface area contributed by atoms with Crippen LogP contribution in [0.2, 0.25) is 10.0 Å². The van der Waals surface area contributed by atoms with Gasteiger partial charge in [0, 0.05) is 5.02 Å². The first-order chi connectivity index (χ1) is 9.95. The van der Waals surface area contributed by atoms with Crippen LogP contribution in [0.3, 0.4) is 0 Å². The number of carbonyl (C=O) groups is 1. The fourth-order valence-electron chi connectivity index (χ4n) is 1.99. The molecule has 21 heavy (non-hydrogen) atoms. The Balaban J connectivity index is 2.03. The molecule has 2 aromatic rings. The molecule has 0 unspecified atom stereocenters. The van der Waals surface area contributed by atoms with Crippen LogP contribution >= 0.6 is 23.2 Å². The summed E-state index contributed by atoms with van der Waals surface area (Å²) in [6.45, 7) is 4.28. The highest BCUT2D eigenvalue weighted by Crippen LogP contribution is 2.25. The number of amides is 1. The Hall–Kier alpha value is -1.51. The highest BCUT2D eigenvalue weighted by Gasteiger charge is 2.08. The summed E-state index contributed by atoms with van der Waals surface area (Å²) in [4.78, 5) is 12.1. The maximum atomic E-state index is 12.1. The van der Waals surface area contributed by atoms with E-state index in [1.165, 1.54) is 5.56 Å². The Morgan fingerprint density at radius 2 is 1.76 bits per heavy atom. The molecule has 0 aliphatic carbocycles. The summed E-state index contributed by atoms with van der Waals surface area (Å²) >= 11 is 11.9. The molecule has 4 heteroatoms. The van der Waals surface area contributed by atoms with E-state index in [-0.39, 0.29) is 5.91 Å². The molecule has 2 aromatic carbocycles. The van der Waals surface area contributed by atoms with Gasteiger partial charge < -0.3 is 5.32 Å². The Kier molecular flexibility index (Phi) is 5.27. The second kappa shape index (κ2) is 6.97. The molecule has 0 atom stereocenters. The quantitative estimate of drug-likeness (QED) is 0.813. The van der Waals surface area contributed by atoms with Gasteiger partial charge >= 0.3 is 0 Å². The summed E-state index contributed by atoms with van der Waals surface area (Å²) in [6, 6.07) is 13.1. The van der Waals surface area contributed by atoms with Gasteiger partial charge in [-0.3, -0.25) is 4.79 Å². The Bertz CT molecular complexity index is 636. The van der Waals surface area contributed by atoms with Crippen molar-refractivity contribution >= 4 is 34.8 Å². The average Bonchev–Trinajstić information content (AvgIpc) is 2.43.